The molecule has 0 spiro atoms. The summed E-state index contributed by atoms with van der Waals surface area (Å²) in [5.74, 6) is -2.01. The summed E-state index contributed by atoms with van der Waals surface area (Å²) in [5.41, 5.74) is -1.35. The Balaban J connectivity index is 3.21. The summed E-state index contributed by atoms with van der Waals surface area (Å²) in [6.07, 6.45) is 0.670. The summed E-state index contributed by atoms with van der Waals surface area (Å²) in [6.45, 7) is 4.62. The molecule has 0 heterocycles. The molecule has 0 aliphatic heterocycles. The van der Waals surface area contributed by atoms with Crippen molar-refractivity contribution in [3.05, 3.63) is 23.5 Å². The molecule has 0 amide bonds. The van der Waals surface area contributed by atoms with Crippen LogP contribution in [0.1, 0.15) is 27.2 Å². The van der Waals surface area contributed by atoms with Gasteiger partial charge in [0.15, 0.2) is 23.2 Å². The lowest BCUT2D eigenvalue weighted by Gasteiger charge is -2.33. The molecular formula is C14H18O6. The van der Waals surface area contributed by atoms with E-state index in [0.717, 1.165) is 11.6 Å². The van der Waals surface area contributed by atoms with Gasteiger partial charge in [-0.25, -0.2) is 0 Å². The van der Waals surface area contributed by atoms with Crippen LogP contribution in [0.15, 0.2) is 23.5 Å². The number of carbonyl (C=O) groups excluding carboxylic acids is 3. The first-order chi connectivity index (χ1) is 9.20. The van der Waals surface area contributed by atoms with E-state index < -0.39 is 35.7 Å². The zero-order valence-electron chi connectivity index (χ0n) is 11.9. The quantitative estimate of drug-likeness (QED) is 0.602. The molecule has 0 aromatic heterocycles. The molecule has 0 saturated carbocycles. The maximum absolute atomic E-state index is 12.1. The number of aliphatic hydroxyl groups is 1. The average Bonchev–Trinajstić information content (AvgIpc) is 2.31. The molecule has 0 unspecified atom stereocenters. The number of methoxy groups -OCH3 is 1. The number of allylic oxidation sites excluding steroid dienone is 2. The van der Waals surface area contributed by atoms with E-state index in [1.807, 2.05) is 0 Å². The van der Waals surface area contributed by atoms with Crippen LogP contribution < -0.4 is 0 Å². The lowest BCUT2D eigenvalue weighted by Crippen LogP contribution is -2.53. The number of carbonyl (C=O) groups is 3. The first-order valence-corrected chi connectivity index (χ1v) is 6.08. The molecule has 1 N–H and O–H groups in total. The van der Waals surface area contributed by atoms with Crippen molar-refractivity contribution in [3.63, 3.8) is 0 Å². The summed E-state index contributed by atoms with van der Waals surface area (Å²) >= 11 is 0. The molecule has 0 aromatic rings. The van der Waals surface area contributed by atoms with Gasteiger partial charge in [0.25, 0.3) is 0 Å². The van der Waals surface area contributed by atoms with E-state index in [9.17, 15) is 19.5 Å². The van der Waals surface area contributed by atoms with Crippen molar-refractivity contribution in [1.29, 1.82) is 0 Å². The van der Waals surface area contributed by atoms with Gasteiger partial charge in [-0.05, 0) is 19.9 Å². The Kier molecular flexibility index (Phi) is 4.83. The van der Waals surface area contributed by atoms with Gasteiger partial charge in [0, 0.05) is 13.0 Å². The fraction of sp³-hybridized carbons (Fsp3) is 0.500. The van der Waals surface area contributed by atoms with E-state index in [2.05, 4.69) is 0 Å². The van der Waals surface area contributed by atoms with Crippen LogP contribution in [-0.4, -0.2) is 41.5 Å². The Hall–Kier alpha value is -1.95. The van der Waals surface area contributed by atoms with Gasteiger partial charge in [-0.15, -0.1) is 0 Å². The smallest absolute Gasteiger partial charge is 0.303 e. The Morgan fingerprint density at radius 1 is 1.40 bits per heavy atom. The van der Waals surface area contributed by atoms with Gasteiger partial charge in [0.05, 0.1) is 13.5 Å². The Morgan fingerprint density at radius 2 is 2.00 bits per heavy atom. The third-order valence-electron chi connectivity index (χ3n) is 2.86. The molecule has 1 aliphatic rings. The fourth-order valence-electron chi connectivity index (χ4n) is 1.91. The lowest BCUT2D eigenvalue weighted by molar-refractivity contribution is -0.166. The van der Waals surface area contributed by atoms with Gasteiger partial charge < -0.3 is 14.6 Å². The van der Waals surface area contributed by atoms with Crippen molar-refractivity contribution in [2.24, 2.45) is 0 Å². The largest absolute Gasteiger partial charge is 0.493 e. The number of rotatable bonds is 4. The third-order valence-corrected chi connectivity index (χ3v) is 2.86. The lowest BCUT2D eigenvalue weighted by atomic mass is 9.81. The molecule has 110 valence electrons. The topological polar surface area (TPSA) is 89.9 Å². The maximum atomic E-state index is 12.1. The molecule has 0 saturated heterocycles. The summed E-state index contributed by atoms with van der Waals surface area (Å²) in [7, 11) is 1.26. The summed E-state index contributed by atoms with van der Waals surface area (Å²) in [5, 5.41) is 10.5. The molecule has 6 heteroatoms. The van der Waals surface area contributed by atoms with Crippen LogP contribution in [0.4, 0.5) is 0 Å². The number of hydrogen-bond donors (Lipinski definition) is 1. The van der Waals surface area contributed by atoms with E-state index in [1.165, 1.54) is 20.1 Å². The van der Waals surface area contributed by atoms with Crippen molar-refractivity contribution in [3.8, 4) is 0 Å². The summed E-state index contributed by atoms with van der Waals surface area (Å²) in [4.78, 5) is 35.0. The highest BCUT2D eigenvalue weighted by molar-refractivity contribution is 6.12. The molecule has 0 aromatic carbocycles. The van der Waals surface area contributed by atoms with Crippen molar-refractivity contribution in [1.82, 2.24) is 0 Å². The van der Waals surface area contributed by atoms with Gasteiger partial charge in [-0.3, -0.25) is 14.4 Å². The minimum absolute atomic E-state index is 0.113. The van der Waals surface area contributed by atoms with Crippen LogP contribution in [-0.2, 0) is 23.9 Å². The molecule has 1 rings (SSSR count). The second-order valence-corrected chi connectivity index (χ2v) is 4.88. The van der Waals surface area contributed by atoms with Gasteiger partial charge in [-0.1, -0.05) is 5.57 Å². The van der Waals surface area contributed by atoms with E-state index in [0.29, 0.717) is 0 Å². The number of hydrogen-bond acceptors (Lipinski definition) is 6. The number of Topliss-reactive ketones (excluding diaryl/α,β-unsaturated/α-hetero) is 1. The summed E-state index contributed by atoms with van der Waals surface area (Å²) in [6, 6.07) is 0. The minimum atomic E-state index is -2.10. The van der Waals surface area contributed by atoms with E-state index in [1.54, 1.807) is 13.8 Å². The Morgan fingerprint density at radius 3 is 2.45 bits per heavy atom. The van der Waals surface area contributed by atoms with Crippen LogP contribution >= 0.6 is 0 Å². The first-order valence-electron chi connectivity index (χ1n) is 6.08. The van der Waals surface area contributed by atoms with Crippen LogP contribution in [0, 0.1) is 0 Å². The molecule has 20 heavy (non-hydrogen) atoms. The predicted molar refractivity (Wildman–Crippen MR) is 69.7 cm³/mol. The highest BCUT2D eigenvalue weighted by Gasteiger charge is 2.49. The van der Waals surface area contributed by atoms with E-state index >= 15 is 0 Å². The van der Waals surface area contributed by atoms with Gasteiger partial charge in [-0.2, -0.15) is 0 Å². The van der Waals surface area contributed by atoms with Gasteiger partial charge in [0.1, 0.15) is 0 Å². The predicted octanol–water partition coefficient (Wildman–Crippen LogP) is 0.688. The van der Waals surface area contributed by atoms with Crippen LogP contribution in [0.25, 0.3) is 0 Å². The van der Waals surface area contributed by atoms with Crippen LogP contribution in [0.5, 0.6) is 0 Å². The zero-order chi connectivity index (χ0) is 15.5. The Bertz CT molecular complexity index is 498. The number of ether oxygens (including phenoxy) is 2. The molecule has 1 aliphatic carbocycles. The number of ketones is 2. The molecule has 2 atom stereocenters. The fourth-order valence-corrected chi connectivity index (χ4v) is 1.91. The number of esters is 1. The third kappa shape index (κ3) is 3.33. The minimum Gasteiger partial charge on any atom is -0.493 e. The molecule has 6 nitrogen and oxygen atoms in total. The highest BCUT2D eigenvalue weighted by atomic mass is 16.6. The monoisotopic (exact) mass is 282 g/mol. The first kappa shape index (κ1) is 16.1. The molecular weight excluding hydrogens is 264 g/mol. The van der Waals surface area contributed by atoms with Crippen molar-refractivity contribution < 1.29 is 29.0 Å². The second-order valence-electron chi connectivity index (χ2n) is 4.88. The highest BCUT2D eigenvalue weighted by Crippen LogP contribution is 2.29. The zero-order valence-corrected chi connectivity index (χ0v) is 11.9. The maximum Gasteiger partial charge on any atom is 0.303 e. The molecule has 0 fully saturated rings. The van der Waals surface area contributed by atoms with Crippen LogP contribution in [0.2, 0.25) is 0 Å². The summed E-state index contributed by atoms with van der Waals surface area (Å²) < 4.78 is 9.75. The van der Waals surface area contributed by atoms with Gasteiger partial charge in [0.2, 0.25) is 5.78 Å². The van der Waals surface area contributed by atoms with Crippen LogP contribution in [0.3, 0.4) is 0 Å². The van der Waals surface area contributed by atoms with Crippen molar-refractivity contribution >= 4 is 17.5 Å². The average molecular weight is 282 g/mol. The van der Waals surface area contributed by atoms with Crippen molar-refractivity contribution in [2.75, 3.05) is 7.11 Å². The second kappa shape index (κ2) is 6.00. The SMILES string of the molecule is COC1=CC(=O)[C@@](O)([C@@H](C=C(C)C)OC(C)=O)CC1=O. The molecule has 0 bridgehead atoms. The Labute approximate surface area is 117 Å². The van der Waals surface area contributed by atoms with Crippen molar-refractivity contribution in [2.45, 2.75) is 38.9 Å². The van der Waals surface area contributed by atoms with E-state index in [-0.39, 0.29) is 5.76 Å². The normalized spacial score (nSPS) is 23.8. The molecule has 0 radical (unpaired) electrons. The van der Waals surface area contributed by atoms with E-state index in [4.69, 9.17) is 9.47 Å². The van der Waals surface area contributed by atoms with Gasteiger partial charge >= 0.3 is 5.97 Å². The standard InChI is InChI=1S/C14H18O6/c1-8(2)5-13(20-9(3)15)14(18)7-10(16)11(19-4)6-12(14)17/h5-6,13,18H,7H2,1-4H3/t13-,14-/m1/s1.